The van der Waals surface area contributed by atoms with Crippen LogP contribution in [0.3, 0.4) is 0 Å². The zero-order valence-corrected chi connectivity index (χ0v) is 15.1. The quantitative estimate of drug-likeness (QED) is 0.703. The van der Waals surface area contributed by atoms with Gasteiger partial charge in [0.15, 0.2) is 0 Å². The van der Waals surface area contributed by atoms with Crippen molar-refractivity contribution in [3.05, 3.63) is 59.1 Å². The summed E-state index contributed by atoms with van der Waals surface area (Å²) < 4.78 is 4.92. The molecule has 0 saturated carbocycles. The van der Waals surface area contributed by atoms with Gasteiger partial charge >= 0.3 is 0 Å². The van der Waals surface area contributed by atoms with Crippen LogP contribution in [0.2, 0.25) is 5.02 Å². The van der Waals surface area contributed by atoms with Crippen LogP contribution in [-0.4, -0.2) is 32.7 Å². The molecule has 0 aliphatic heterocycles. The van der Waals surface area contributed by atoms with Gasteiger partial charge in [-0.05, 0) is 28.8 Å². The number of halogens is 2. The molecule has 0 aromatic heterocycles. The van der Waals surface area contributed by atoms with Crippen LogP contribution in [0.4, 0.5) is 0 Å². The molecular formula is C18H22Cl2N2O2. The summed E-state index contributed by atoms with van der Waals surface area (Å²) in [4.78, 5) is 11.8. The Bertz CT molecular complexity index is 633. The predicted octanol–water partition coefficient (Wildman–Crippen LogP) is 3.28. The van der Waals surface area contributed by atoms with Crippen LogP contribution >= 0.6 is 24.0 Å². The fourth-order valence-corrected chi connectivity index (χ4v) is 2.34. The van der Waals surface area contributed by atoms with Gasteiger partial charge in [-0.25, -0.2) is 0 Å². The van der Waals surface area contributed by atoms with E-state index in [4.69, 9.17) is 16.3 Å². The number of hydrogen-bond acceptors (Lipinski definition) is 3. The number of methoxy groups -OCH3 is 1. The van der Waals surface area contributed by atoms with Gasteiger partial charge in [0.05, 0.1) is 13.2 Å². The van der Waals surface area contributed by atoms with Gasteiger partial charge in [-0.15, -0.1) is 12.4 Å². The Labute approximate surface area is 154 Å². The van der Waals surface area contributed by atoms with E-state index in [1.807, 2.05) is 48.5 Å². The first kappa shape index (κ1) is 20.5. The van der Waals surface area contributed by atoms with Gasteiger partial charge in [0.2, 0.25) is 5.91 Å². The molecule has 0 unspecified atom stereocenters. The van der Waals surface area contributed by atoms with E-state index in [2.05, 4.69) is 10.6 Å². The van der Waals surface area contributed by atoms with E-state index in [-0.39, 0.29) is 24.9 Å². The minimum absolute atomic E-state index is 0. The van der Waals surface area contributed by atoms with E-state index < -0.39 is 0 Å². The highest BCUT2D eigenvalue weighted by atomic mass is 35.5. The summed E-state index contributed by atoms with van der Waals surface area (Å²) >= 11 is 5.94. The zero-order valence-electron chi connectivity index (χ0n) is 13.5. The second-order valence-corrected chi connectivity index (χ2v) is 5.55. The summed E-state index contributed by atoms with van der Waals surface area (Å²) in [6.07, 6.45) is 0. The highest BCUT2D eigenvalue weighted by Crippen LogP contribution is 2.25. The third-order valence-corrected chi connectivity index (χ3v) is 3.67. The van der Waals surface area contributed by atoms with Crippen molar-refractivity contribution in [2.24, 2.45) is 0 Å². The number of hydrogen-bond donors (Lipinski definition) is 2. The molecule has 0 atom stereocenters. The van der Waals surface area contributed by atoms with E-state index in [0.29, 0.717) is 24.7 Å². The molecule has 2 rings (SSSR count). The van der Waals surface area contributed by atoms with Crippen LogP contribution < -0.4 is 10.6 Å². The van der Waals surface area contributed by atoms with Gasteiger partial charge in [-0.3, -0.25) is 4.79 Å². The molecule has 130 valence electrons. The average molecular weight is 369 g/mol. The molecule has 0 bridgehead atoms. The van der Waals surface area contributed by atoms with Crippen LogP contribution in [-0.2, 0) is 16.1 Å². The van der Waals surface area contributed by atoms with Crippen molar-refractivity contribution < 1.29 is 9.53 Å². The Hall–Kier alpha value is -1.59. The lowest BCUT2D eigenvalue weighted by Crippen LogP contribution is -2.34. The maximum absolute atomic E-state index is 11.8. The number of rotatable bonds is 8. The van der Waals surface area contributed by atoms with Crippen molar-refractivity contribution >= 4 is 29.9 Å². The van der Waals surface area contributed by atoms with E-state index in [1.54, 1.807) is 7.11 Å². The first-order valence-corrected chi connectivity index (χ1v) is 7.88. The Morgan fingerprint density at radius 3 is 2.54 bits per heavy atom. The van der Waals surface area contributed by atoms with E-state index in [1.165, 1.54) is 0 Å². The first-order valence-electron chi connectivity index (χ1n) is 7.51. The Kier molecular flexibility index (Phi) is 9.42. The number of benzene rings is 2. The molecule has 0 heterocycles. The molecule has 0 fully saturated rings. The van der Waals surface area contributed by atoms with Crippen LogP contribution in [0.15, 0.2) is 48.5 Å². The maximum Gasteiger partial charge on any atom is 0.234 e. The van der Waals surface area contributed by atoms with Crippen LogP contribution in [0.25, 0.3) is 11.1 Å². The molecule has 0 aliphatic carbocycles. The molecule has 0 radical (unpaired) electrons. The average Bonchev–Trinajstić information content (AvgIpc) is 2.58. The highest BCUT2D eigenvalue weighted by molar-refractivity contribution is 6.30. The number of carbonyl (C=O) groups excluding carboxylic acids is 1. The molecule has 0 saturated heterocycles. The summed E-state index contributed by atoms with van der Waals surface area (Å²) in [5, 5.41) is 6.66. The van der Waals surface area contributed by atoms with Crippen molar-refractivity contribution in [2.45, 2.75) is 6.54 Å². The molecule has 0 spiro atoms. The number of carbonyl (C=O) groups is 1. The minimum atomic E-state index is -0.0352. The fourth-order valence-electron chi connectivity index (χ4n) is 2.22. The van der Waals surface area contributed by atoms with Crippen molar-refractivity contribution in [1.29, 1.82) is 0 Å². The molecule has 4 nitrogen and oxygen atoms in total. The van der Waals surface area contributed by atoms with Gasteiger partial charge in [-0.1, -0.05) is 48.0 Å². The highest BCUT2D eigenvalue weighted by Gasteiger charge is 2.06. The molecule has 0 aliphatic rings. The first-order chi connectivity index (χ1) is 11.2. The monoisotopic (exact) mass is 368 g/mol. The van der Waals surface area contributed by atoms with Crippen molar-refractivity contribution in [2.75, 3.05) is 26.8 Å². The second kappa shape index (κ2) is 11.0. The van der Waals surface area contributed by atoms with E-state index in [0.717, 1.165) is 16.7 Å². The largest absolute Gasteiger partial charge is 0.383 e. The third kappa shape index (κ3) is 6.49. The second-order valence-electron chi connectivity index (χ2n) is 5.11. The SMILES string of the molecule is COCCNCC(=O)NCc1ccccc1-c1ccc(Cl)cc1.Cl. The standard InChI is InChI=1S/C18H21ClN2O2.ClH/c1-23-11-10-20-13-18(22)21-12-15-4-2-3-5-17(15)14-6-8-16(19)9-7-14;/h2-9,20H,10-13H2,1H3,(H,21,22);1H. The van der Waals surface area contributed by atoms with Crippen LogP contribution in [0.1, 0.15) is 5.56 Å². The molecule has 1 amide bonds. The Balaban J connectivity index is 0.00000288. The fraction of sp³-hybridized carbons (Fsp3) is 0.278. The summed E-state index contributed by atoms with van der Waals surface area (Å²) in [5.41, 5.74) is 3.24. The van der Waals surface area contributed by atoms with Crippen molar-refractivity contribution in [3.63, 3.8) is 0 Å². The molecule has 2 aromatic rings. The number of amides is 1. The molecule has 24 heavy (non-hydrogen) atoms. The van der Waals surface area contributed by atoms with Crippen LogP contribution in [0.5, 0.6) is 0 Å². The van der Waals surface area contributed by atoms with Crippen LogP contribution in [0, 0.1) is 0 Å². The van der Waals surface area contributed by atoms with E-state index in [9.17, 15) is 4.79 Å². The predicted molar refractivity (Wildman–Crippen MR) is 101 cm³/mol. The van der Waals surface area contributed by atoms with Crippen molar-refractivity contribution in [1.82, 2.24) is 10.6 Å². The summed E-state index contributed by atoms with van der Waals surface area (Å²) in [6.45, 7) is 2.02. The topological polar surface area (TPSA) is 50.4 Å². The summed E-state index contributed by atoms with van der Waals surface area (Å²) in [5.74, 6) is -0.0352. The zero-order chi connectivity index (χ0) is 16.5. The van der Waals surface area contributed by atoms with Gasteiger partial charge in [0.25, 0.3) is 0 Å². The van der Waals surface area contributed by atoms with Gasteiger partial charge in [0.1, 0.15) is 0 Å². The summed E-state index contributed by atoms with van der Waals surface area (Å²) in [6, 6.07) is 15.7. The molecule has 2 N–H and O–H groups in total. The lowest BCUT2D eigenvalue weighted by atomic mass is 10.00. The van der Waals surface area contributed by atoms with Crippen molar-refractivity contribution in [3.8, 4) is 11.1 Å². The minimum Gasteiger partial charge on any atom is -0.383 e. The van der Waals surface area contributed by atoms with Gasteiger partial charge in [-0.2, -0.15) is 0 Å². The summed E-state index contributed by atoms with van der Waals surface area (Å²) in [7, 11) is 1.63. The van der Waals surface area contributed by atoms with E-state index >= 15 is 0 Å². The number of nitrogens with one attached hydrogen (secondary N) is 2. The normalized spacial score (nSPS) is 10.1. The Morgan fingerprint density at radius 1 is 1.12 bits per heavy atom. The third-order valence-electron chi connectivity index (χ3n) is 3.42. The lowest BCUT2D eigenvalue weighted by molar-refractivity contribution is -0.120. The van der Waals surface area contributed by atoms with Gasteiger partial charge < -0.3 is 15.4 Å². The molecule has 2 aromatic carbocycles. The lowest BCUT2D eigenvalue weighted by Gasteiger charge is -2.11. The molecular weight excluding hydrogens is 347 g/mol. The molecule has 6 heteroatoms. The Morgan fingerprint density at radius 2 is 1.83 bits per heavy atom. The van der Waals surface area contributed by atoms with Gasteiger partial charge in [0, 0.05) is 25.2 Å². The maximum atomic E-state index is 11.8. The smallest absolute Gasteiger partial charge is 0.234 e. The number of ether oxygens (including phenoxy) is 1.